The summed E-state index contributed by atoms with van der Waals surface area (Å²) in [7, 11) is -2.30. The van der Waals surface area contributed by atoms with Crippen LogP contribution < -0.4 is 0 Å². The van der Waals surface area contributed by atoms with E-state index in [2.05, 4.69) is 0 Å². The van der Waals surface area contributed by atoms with E-state index in [1.807, 2.05) is 6.07 Å². The van der Waals surface area contributed by atoms with Crippen LogP contribution in [0.25, 0.3) is 0 Å². The zero-order chi connectivity index (χ0) is 15.9. The van der Waals surface area contributed by atoms with Crippen LogP contribution in [0.15, 0.2) is 24.3 Å². The Bertz CT molecular complexity index is 633. The minimum absolute atomic E-state index is 0.00394. The number of nitriles is 1. The highest BCUT2D eigenvalue weighted by Gasteiger charge is 2.30. The fraction of sp³-hybridized carbons (Fsp3) is 0.429. The summed E-state index contributed by atoms with van der Waals surface area (Å²) in [5, 5.41) is 7.67. The molecule has 0 heterocycles. The van der Waals surface area contributed by atoms with Crippen LogP contribution in [0.4, 0.5) is 0 Å². The Balaban J connectivity index is 2.81. The molecule has 21 heavy (non-hydrogen) atoms. The van der Waals surface area contributed by atoms with Crippen molar-refractivity contribution >= 4 is 15.8 Å². The van der Waals surface area contributed by atoms with Gasteiger partial charge in [0.2, 0.25) is 0 Å². The summed E-state index contributed by atoms with van der Waals surface area (Å²) in [6.45, 7) is 1.49. The maximum atomic E-state index is 12.2. The molecule has 0 aliphatic rings. The summed E-state index contributed by atoms with van der Waals surface area (Å²) in [6.07, 6.45) is 0. The fourth-order valence-corrected chi connectivity index (χ4v) is 2.88. The second-order valence-electron chi connectivity index (χ2n) is 4.38. The van der Waals surface area contributed by atoms with Crippen molar-refractivity contribution in [2.75, 3.05) is 20.3 Å². The van der Waals surface area contributed by atoms with Crippen LogP contribution in [0.3, 0.4) is 0 Å². The molecule has 0 aromatic heterocycles. The van der Waals surface area contributed by atoms with Crippen molar-refractivity contribution in [2.24, 2.45) is 0 Å². The van der Waals surface area contributed by atoms with Crippen molar-refractivity contribution in [3.05, 3.63) is 35.4 Å². The molecule has 114 valence electrons. The molecule has 1 atom stereocenters. The molecule has 6 nitrogen and oxygen atoms in total. The lowest BCUT2D eigenvalue weighted by atomic mass is 10.1. The molecule has 1 unspecified atom stereocenters. The number of carbonyl (C=O) groups excluding carboxylic acids is 1. The third-order valence-electron chi connectivity index (χ3n) is 2.90. The van der Waals surface area contributed by atoms with Gasteiger partial charge in [-0.2, -0.15) is 5.26 Å². The van der Waals surface area contributed by atoms with Gasteiger partial charge in [-0.05, 0) is 18.6 Å². The molecule has 0 aliphatic carbocycles. The Morgan fingerprint density at radius 3 is 2.62 bits per heavy atom. The van der Waals surface area contributed by atoms with Gasteiger partial charge in [0, 0.05) is 7.11 Å². The molecule has 7 heteroatoms. The van der Waals surface area contributed by atoms with Gasteiger partial charge in [0.1, 0.15) is 6.61 Å². The lowest BCUT2D eigenvalue weighted by Crippen LogP contribution is -2.31. The van der Waals surface area contributed by atoms with E-state index in [0.717, 1.165) is 0 Å². The normalized spacial score (nSPS) is 12.4. The van der Waals surface area contributed by atoms with Crippen LogP contribution in [0.2, 0.25) is 0 Å². The number of esters is 1. The first kappa shape index (κ1) is 17.1. The number of ether oxygens (including phenoxy) is 2. The minimum Gasteiger partial charge on any atom is -0.462 e. The average molecular weight is 311 g/mol. The first-order chi connectivity index (χ1) is 9.92. The third kappa shape index (κ3) is 4.85. The lowest BCUT2D eigenvalue weighted by Gasteiger charge is -2.13. The highest BCUT2D eigenvalue weighted by Crippen LogP contribution is 2.16. The first-order valence-electron chi connectivity index (χ1n) is 6.27. The van der Waals surface area contributed by atoms with Crippen LogP contribution in [0, 0.1) is 11.3 Å². The van der Waals surface area contributed by atoms with Crippen molar-refractivity contribution < 1.29 is 22.7 Å². The van der Waals surface area contributed by atoms with Crippen molar-refractivity contribution in [2.45, 2.75) is 17.9 Å². The summed E-state index contributed by atoms with van der Waals surface area (Å²) in [6, 6.07) is 8.32. The number of hydrogen-bond acceptors (Lipinski definition) is 6. The zero-order valence-electron chi connectivity index (χ0n) is 11.9. The standard InChI is InChI=1S/C14H17NO5S/c1-11(14(16)20-8-7-19-2)21(17,18)10-13-6-4-3-5-12(13)9-15/h3-6,11H,7-8,10H2,1-2H3. The maximum absolute atomic E-state index is 12.2. The van der Waals surface area contributed by atoms with Gasteiger partial charge in [0.05, 0.1) is 24.0 Å². The van der Waals surface area contributed by atoms with Crippen molar-refractivity contribution in [3.63, 3.8) is 0 Å². The molecule has 1 rings (SSSR count). The Morgan fingerprint density at radius 2 is 2.00 bits per heavy atom. The Labute approximate surface area is 124 Å². The van der Waals surface area contributed by atoms with E-state index in [9.17, 15) is 13.2 Å². The van der Waals surface area contributed by atoms with Gasteiger partial charge in [-0.25, -0.2) is 8.42 Å². The van der Waals surface area contributed by atoms with Gasteiger partial charge < -0.3 is 9.47 Å². The predicted molar refractivity (Wildman–Crippen MR) is 76.1 cm³/mol. The van der Waals surface area contributed by atoms with Gasteiger partial charge in [-0.15, -0.1) is 0 Å². The zero-order valence-corrected chi connectivity index (χ0v) is 12.7. The van der Waals surface area contributed by atoms with Crippen LogP contribution >= 0.6 is 0 Å². The summed E-state index contributed by atoms with van der Waals surface area (Å²) in [5.74, 6) is -1.20. The van der Waals surface area contributed by atoms with E-state index in [1.165, 1.54) is 20.1 Å². The van der Waals surface area contributed by atoms with Gasteiger partial charge in [-0.3, -0.25) is 4.79 Å². The quantitative estimate of drug-likeness (QED) is 0.552. The summed E-state index contributed by atoms with van der Waals surface area (Å²) >= 11 is 0. The minimum atomic E-state index is -3.75. The maximum Gasteiger partial charge on any atom is 0.324 e. The molecule has 0 amide bonds. The monoisotopic (exact) mass is 311 g/mol. The topological polar surface area (TPSA) is 93.5 Å². The molecule has 0 fully saturated rings. The molecule has 0 saturated carbocycles. The predicted octanol–water partition coefficient (Wildman–Crippen LogP) is 1.05. The molecular formula is C14H17NO5S. The number of benzene rings is 1. The van der Waals surface area contributed by atoms with Crippen LogP contribution in [-0.2, 0) is 29.9 Å². The highest BCUT2D eigenvalue weighted by molar-refractivity contribution is 7.92. The average Bonchev–Trinajstić information content (AvgIpc) is 2.46. The number of methoxy groups -OCH3 is 1. The number of nitrogens with zero attached hydrogens (tertiary/aromatic N) is 1. The van der Waals surface area contributed by atoms with Gasteiger partial charge >= 0.3 is 5.97 Å². The smallest absolute Gasteiger partial charge is 0.324 e. The van der Waals surface area contributed by atoms with Crippen LogP contribution in [0.1, 0.15) is 18.1 Å². The second-order valence-corrected chi connectivity index (χ2v) is 6.70. The van der Waals surface area contributed by atoms with Crippen molar-refractivity contribution in [3.8, 4) is 6.07 Å². The van der Waals surface area contributed by atoms with Crippen LogP contribution in [-0.4, -0.2) is 40.0 Å². The van der Waals surface area contributed by atoms with Crippen molar-refractivity contribution in [1.82, 2.24) is 0 Å². The molecule has 0 radical (unpaired) electrons. The lowest BCUT2D eigenvalue weighted by molar-refractivity contribution is -0.144. The van der Waals surface area contributed by atoms with Crippen LogP contribution in [0.5, 0.6) is 0 Å². The third-order valence-corrected chi connectivity index (χ3v) is 4.88. The molecule has 1 aromatic rings. The molecule has 1 aromatic carbocycles. The van der Waals surface area contributed by atoms with Gasteiger partial charge in [0.25, 0.3) is 0 Å². The Hall–Kier alpha value is -1.91. The van der Waals surface area contributed by atoms with Gasteiger partial charge in [-0.1, -0.05) is 18.2 Å². The summed E-state index contributed by atoms with van der Waals surface area (Å²) < 4.78 is 33.9. The Morgan fingerprint density at radius 1 is 1.33 bits per heavy atom. The molecule has 0 bridgehead atoms. The summed E-state index contributed by atoms with van der Waals surface area (Å²) in [4.78, 5) is 11.7. The molecule has 0 spiro atoms. The molecular weight excluding hydrogens is 294 g/mol. The number of hydrogen-bond donors (Lipinski definition) is 0. The molecule has 0 N–H and O–H groups in total. The van der Waals surface area contributed by atoms with E-state index in [-0.39, 0.29) is 24.5 Å². The van der Waals surface area contributed by atoms with E-state index in [4.69, 9.17) is 14.7 Å². The first-order valence-corrected chi connectivity index (χ1v) is 7.99. The summed E-state index contributed by atoms with van der Waals surface area (Å²) in [5.41, 5.74) is 0.651. The van der Waals surface area contributed by atoms with E-state index < -0.39 is 21.1 Å². The number of carbonyl (C=O) groups is 1. The Kier molecular flexibility index (Phi) is 6.34. The largest absolute Gasteiger partial charge is 0.462 e. The van der Waals surface area contributed by atoms with E-state index >= 15 is 0 Å². The van der Waals surface area contributed by atoms with E-state index in [0.29, 0.717) is 5.56 Å². The molecule has 0 aliphatic heterocycles. The van der Waals surface area contributed by atoms with Gasteiger partial charge in [0.15, 0.2) is 15.1 Å². The second kappa shape index (κ2) is 7.76. The molecule has 0 saturated heterocycles. The van der Waals surface area contributed by atoms with E-state index in [1.54, 1.807) is 18.2 Å². The highest BCUT2D eigenvalue weighted by atomic mass is 32.2. The number of sulfone groups is 1. The van der Waals surface area contributed by atoms with Crippen molar-refractivity contribution in [1.29, 1.82) is 5.26 Å². The fourth-order valence-electron chi connectivity index (χ4n) is 1.59. The SMILES string of the molecule is COCCOC(=O)C(C)S(=O)(=O)Cc1ccccc1C#N. The number of rotatable bonds is 7.